The number of aryl methyl sites for hydroxylation is 1. The molecule has 2 amide bonds. The lowest BCUT2D eigenvalue weighted by molar-refractivity contribution is -0.121. The number of hydrogen-bond donors (Lipinski definition) is 1. The fraction of sp³-hybridized carbons (Fsp3) is 0.222. The van der Waals surface area contributed by atoms with E-state index in [0.29, 0.717) is 11.4 Å². The first-order valence-electron chi connectivity index (χ1n) is 7.84. The van der Waals surface area contributed by atoms with Crippen LogP contribution in [0.3, 0.4) is 0 Å². The van der Waals surface area contributed by atoms with E-state index in [1.54, 1.807) is 12.1 Å². The van der Waals surface area contributed by atoms with Crippen molar-refractivity contribution < 1.29 is 18.0 Å². The lowest BCUT2D eigenvalue weighted by atomic mass is 10.1. The average molecular weight is 358 g/mol. The Bertz CT molecular complexity index is 934. The minimum Gasteiger partial charge on any atom is -0.279 e. The summed E-state index contributed by atoms with van der Waals surface area (Å²) in [5.41, 5.74) is 2.75. The van der Waals surface area contributed by atoms with Gasteiger partial charge in [0, 0.05) is 12.8 Å². The van der Waals surface area contributed by atoms with E-state index in [2.05, 4.69) is 4.72 Å². The summed E-state index contributed by atoms with van der Waals surface area (Å²) in [5, 5.41) is 0. The Morgan fingerprint density at radius 3 is 2.12 bits per heavy atom. The minimum absolute atomic E-state index is 0.0660. The molecule has 0 unspecified atom stereocenters. The summed E-state index contributed by atoms with van der Waals surface area (Å²) in [7, 11) is -3.76. The number of hydrogen-bond acceptors (Lipinski definition) is 4. The Morgan fingerprint density at radius 1 is 0.920 bits per heavy atom. The fourth-order valence-corrected chi connectivity index (χ4v) is 3.83. The summed E-state index contributed by atoms with van der Waals surface area (Å²) in [6.45, 7) is 3.76. The lowest BCUT2D eigenvalue weighted by Crippen LogP contribution is -2.28. The van der Waals surface area contributed by atoms with E-state index >= 15 is 0 Å². The molecule has 7 heteroatoms. The SMILES string of the molecule is Cc1cccc(NS(=O)(=O)c2ccc(N3C(=O)CCC3=O)cc2)c1C. The molecule has 25 heavy (non-hydrogen) atoms. The second kappa shape index (κ2) is 6.33. The molecule has 2 aromatic rings. The molecule has 0 aliphatic carbocycles. The topological polar surface area (TPSA) is 83.6 Å². The molecule has 0 aromatic heterocycles. The van der Waals surface area contributed by atoms with Gasteiger partial charge in [0.1, 0.15) is 0 Å². The van der Waals surface area contributed by atoms with Crippen LogP contribution in [0.5, 0.6) is 0 Å². The van der Waals surface area contributed by atoms with Gasteiger partial charge in [-0.25, -0.2) is 8.42 Å². The summed E-state index contributed by atoms with van der Waals surface area (Å²) < 4.78 is 27.7. The molecule has 6 nitrogen and oxygen atoms in total. The molecule has 0 atom stereocenters. The molecule has 1 heterocycles. The number of amides is 2. The number of anilines is 2. The maximum Gasteiger partial charge on any atom is 0.261 e. The highest BCUT2D eigenvalue weighted by molar-refractivity contribution is 7.92. The summed E-state index contributed by atoms with van der Waals surface area (Å²) >= 11 is 0. The van der Waals surface area contributed by atoms with Gasteiger partial charge in [-0.1, -0.05) is 12.1 Å². The predicted molar refractivity (Wildman–Crippen MR) is 94.9 cm³/mol. The van der Waals surface area contributed by atoms with Crippen molar-refractivity contribution in [3.63, 3.8) is 0 Å². The van der Waals surface area contributed by atoms with Crippen molar-refractivity contribution in [2.45, 2.75) is 31.6 Å². The van der Waals surface area contributed by atoms with E-state index in [4.69, 9.17) is 0 Å². The van der Waals surface area contributed by atoms with Gasteiger partial charge in [-0.3, -0.25) is 19.2 Å². The second-order valence-electron chi connectivity index (χ2n) is 5.97. The number of rotatable bonds is 4. The third kappa shape index (κ3) is 3.28. The molecule has 130 valence electrons. The van der Waals surface area contributed by atoms with E-state index in [9.17, 15) is 18.0 Å². The summed E-state index contributed by atoms with van der Waals surface area (Å²) in [5.74, 6) is -0.539. The van der Waals surface area contributed by atoms with Crippen LogP contribution in [0.2, 0.25) is 0 Å². The molecule has 2 aromatic carbocycles. The number of carbonyl (C=O) groups excluding carboxylic acids is 2. The van der Waals surface area contributed by atoms with Gasteiger partial charge in [0.25, 0.3) is 10.0 Å². The smallest absolute Gasteiger partial charge is 0.261 e. The normalized spacial score (nSPS) is 14.9. The Hall–Kier alpha value is -2.67. The molecule has 1 fully saturated rings. The van der Waals surface area contributed by atoms with Crippen LogP contribution in [0.1, 0.15) is 24.0 Å². The van der Waals surface area contributed by atoms with Crippen molar-refractivity contribution in [1.82, 2.24) is 0 Å². The van der Waals surface area contributed by atoms with Gasteiger partial charge < -0.3 is 0 Å². The maximum absolute atomic E-state index is 12.6. The van der Waals surface area contributed by atoms with E-state index in [1.807, 2.05) is 19.9 Å². The van der Waals surface area contributed by atoms with Crippen molar-refractivity contribution in [3.05, 3.63) is 53.6 Å². The monoisotopic (exact) mass is 358 g/mol. The molecule has 1 aliphatic rings. The first kappa shape index (κ1) is 17.2. The van der Waals surface area contributed by atoms with Crippen molar-refractivity contribution in [2.75, 3.05) is 9.62 Å². The van der Waals surface area contributed by atoms with Gasteiger partial charge in [-0.2, -0.15) is 0 Å². The number of benzene rings is 2. The summed E-state index contributed by atoms with van der Waals surface area (Å²) in [6.07, 6.45) is 0.375. The fourth-order valence-electron chi connectivity index (χ4n) is 2.70. The highest BCUT2D eigenvalue weighted by atomic mass is 32.2. The van der Waals surface area contributed by atoms with E-state index in [1.165, 1.54) is 24.3 Å². The third-order valence-corrected chi connectivity index (χ3v) is 5.69. The molecule has 0 saturated carbocycles. The Balaban J connectivity index is 1.87. The molecule has 0 radical (unpaired) electrons. The molecular weight excluding hydrogens is 340 g/mol. The van der Waals surface area contributed by atoms with Crippen LogP contribution in [-0.2, 0) is 19.6 Å². The zero-order valence-corrected chi connectivity index (χ0v) is 14.8. The number of sulfonamides is 1. The van der Waals surface area contributed by atoms with Crippen LogP contribution in [0.25, 0.3) is 0 Å². The number of imide groups is 1. The van der Waals surface area contributed by atoms with Crippen LogP contribution in [0, 0.1) is 13.8 Å². The second-order valence-corrected chi connectivity index (χ2v) is 7.65. The highest BCUT2D eigenvalue weighted by Gasteiger charge is 2.30. The quantitative estimate of drug-likeness (QED) is 0.852. The maximum atomic E-state index is 12.6. The molecule has 1 saturated heterocycles. The third-order valence-electron chi connectivity index (χ3n) is 4.31. The molecular formula is C18H18N2O4S. The number of nitrogens with one attached hydrogen (secondary N) is 1. The van der Waals surface area contributed by atoms with E-state index in [0.717, 1.165) is 16.0 Å². The van der Waals surface area contributed by atoms with Crippen LogP contribution in [-0.4, -0.2) is 20.2 Å². The van der Waals surface area contributed by atoms with Gasteiger partial charge >= 0.3 is 0 Å². The van der Waals surface area contributed by atoms with Crippen molar-refractivity contribution in [2.24, 2.45) is 0 Å². The van der Waals surface area contributed by atoms with Gasteiger partial charge in [0.05, 0.1) is 16.3 Å². The molecule has 0 bridgehead atoms. The van der Waals surface area contributed by atoms with Crippen molar-refractivity contribution >= 4 is 33.2 Å². The first-order chi connectivity index (χ1) is 11.8. The Kier molecular flexibility index (Phi) is 4.34. The van der Waals surface area contributed by atoms with Gasteiger partial charge in [0.2, 0.25) is 11.8 Å². The standard InChI is InChI=1S/C18H18N2O4S/c1-12-4-3-5-16(13(12)2)19-25(23,24)15-8-6-14(7-9-15)20-17(21)10-11-18(20)22/h3-9,19H,10-11H2,1-2H3. The van der Waals surface area contributed by atoms with Gasteiger partial charge in [-0.15, -0.1) is 0 Å². The van der Waals surface area contributed by atoms with Gasteiger partial charge in [-0.05, 0) is 55.3 Å². The Labute approximate surface area is 146 Å². The highest BCUT2D eigenvalue weighted by Crippen LogP contribution is 2.26. The van der Waals surface area contributed by atoms with Crippen LogP contribution in [0.4, 0.5) is 11.4 Å². The zero-order valence-electron chi connectivity index (χ0n) is 13.9. The summed E-state index contributed by atoms with van der Waals surface area (Å²) in [6, 6.07) is 11.1. The van der Waals surface area contributed by atoms with Crippen LogP contribution >= 0.6 is 0 Å². The van der Waals surface area contributed by atoms with Gasteiger partial charge in [0.15, 0.2) is 0 Å². The minimum atomic E-state index is -3.76. The molecule has 1 aliphatic heterocycles. The van der Waals surface area contributed by atoms with Crippen molar-refractivity contribution in [1.29, 1.82) is 0 Å². The predicted octanol–water partition coefficient (Wildman–Crippen LogP) is 2.76. The summed E-state index contributed by atoms with van der Waals surface area (Å²) in [4.78, 5) is 24.7. The Morgan fingerprint density at radius 2 is 1.52 bits per heavy atom. The largest absolute Gasteiger partial charge is 0.279 e. The van der Waals surface area contributed by atoms with Crippen molar-refractivity contribution in [3.8, 4) is 0 Å². The van der Waals surface area contributed by atoms with Crippen LogP contribution < -0.4 is 9.62 Å². The van der Waals surface area contributed by atoms with E-state index < -0.39 is 10.0 Å². The number of carbonyl (C=O) groups is 2. The molecule has 0 spiro atoms. The molecule has 3 rings (SSSR count). The zero-order chi connectivity index (χ0) is 18.2. The van der Waals surface area contributed by atoms with E-state index in [-0.39, 0.29) is 29.6 Å². The number of nitrogens with zero attached hydrogens (tertiary/aromatic N) is 1. The first-order valence-corrected chi connectivity index (χ1v) is 9.33. The average Bonchev–Trinajstić information content (AvgIpc) is 2.91. The molecule has 1 N–H and O–H groups in total. The van der Waals surface area contributed by atoms with Crippen LogP contribution in [0.15, 0.2) is 47.4 Å². The lowest BCUT2D eigenvalue weighted by Gasteiger charge is -2.15.